The van der Waals surface area contributed by atoms with E-state index in [1.807, 2.05) is 0 Å². The minimum atomic E-state index is 0.165. The molecule has 3 unspecified atom stereocenters. The van der Waals surface area contributed by atoms with E-state index < -0.39 is 0 Å². The third-order valence-electron chi connectivity index (χ3n) is 4.13. The molecule has 1 saturated carbocycles. The molecular weight excluding hydrogens is 212 g/mol. The highest BCUT2D eigenvalue weighted by atomic mass is 35.5. The average Bonchev–Trinajstić information content (AvgIpc) is 2.98. The van der Waals surface area contributed by atoms with Crippen LogP contribution in [0.15, 0.2) is 0 Å². The molecule has 0 aromatic rings. The molecule has 3 atom stereocenters. The molecule has 3 heteroatoms. The Morgan fingerprint density at radius 2 is 2.27 bits per heavy atom. The highest BCUT2D eigenvalue weighted by Gasteiger charge is 2.53. The van der Waals surface area contributed by atoms with Gasteiger partial charge in [0.2, 0.25) is 0 Å². The number of hydrogen-bond donors (Lipinski definition) is 0. The third kappa shape index (κ3) is 2.04. The Bertz CT molecular complexity index is 218. The van der Waals surface area contributed by atoms with Crippen LogP contribution < -0.4 is 0 Å². The maximum Gasteiger partial charge on any atom is 0.0675 e. The van der Waals surface area contributed by atoms with Gasteiger partial charge < -0.3 is 9.47 Å². The van der Waals surface area contributed by atoms with E-state index in [0.29, 0.717) is 17.9 Å². The average molecular weight is 233 g/mol. The summed E-state index contributed by atoms with van der Waals surface area (Å²) in [7, 11) is 1.76. The lowest BCUT2D eigenvalue weighted by molar-refractivity contribution is -0.00611. The van der Waals surface area contributed by atoms with Crippen molar-refractivity contribution in [1.82, 2.24) is 0 Å². The largest absolute Gasteiger partial charge is 0.384 e. The molecule has 2 rings (SSSR count). The second-order valence-electron chi connectivity index (χ2n) is 5.10. The van der Waals surface area contributed by atoms with Crippen molar-refractivity contribution in [3.8, 4) is 0 Å². The minimum Gasteiger partial charge on any atom is -0.384 e. The monoisotopic (exact) mass is 232 g/mol. The molecule has 0 aromatic heterocycles. The lowest BCUT2D eigenvalue weighted by atomic mass is 9.71. The molecular formula is C12H21ClO2. The summed E-state index contributed by atoms with van der Waals surface area (Å²) in [5.41, 5.74) is 0.165. The molecule has 2 fully saturated rings. The highest BCUT2D eigenvalue weighted by Crippen LogP contribution is 2.52. The Hall–Kier alpha value is 0.210. The van der Waals surface area contributed by atoms with E-state index in [1.54, 1.807) is 7.11 Å². The van der Waals surface area contributed by atoms with Crippen molar-refractivity contribution >= 4 is 11.6 Å². The summed E-state index contributed by atoms with van der Waals surface area (Å²) >= 11 is 6.23. The van der Waals surface area contributed by atoms with Gasteiger partial charge in [-0.05, 0) is 31.1 Å². The van der Waals surface area contributed by atoms with Gasteiger partial charge in [-0.25, -0.2) is 0 Å². The van der Waals surface area contributed by atoms with Crippen molar-refractivity contribution in [2.24, 2.45) is 17.3 Å². The summed E-state index contributed by atoms with van der Waals surface area (Å²) < 4.78 is 11.2. The first kappa shape index (κ1) is 11.7. The van der Waals surface area contributed by atoms with Crippen LogP contribution in [0.25, 0.3) is 0 Å². The summed E-state index contributed by atoms with van der Waals surface area (Å²) in [5, 5.41) is 0. The van der Waals surface area contributed by atoms with Crippen molar-refractivity contribution in [2.75, 3.05) is 26.2 Å². The van der Waals surface area contributed by atoms with E-state index in [1.165, 1.54) is 12.8 Å². The van der Waals surface area contributed by atoms with Crippen LogP contribution in [0, 0.1) is 17.3 Å². The van der Waals surface area contributed by atoms with Gasteiger partial charge >= 0.3 is 0 Å². The molecule has 15 heavy (non-hydrogen) atoms. The van der Waals surface area contributed by atoms with E-state index in [-0.39, 0.29) is 5.41 Å². The van der Waals surface area contributed by atoms with Crippen molar-refractivity contribution in [3.63, 3.8) is 0 Å². The van der Waals surface area contributed by atoms with E-state index >= 15 is 0 Å². The standard InChI is InChI=1S/C12H21ClO2/c1-9(7-14-2)12(8-13)5-6-15-11(12)10-3-4-10/h9-11H,3-8H2,1-2H3. The summed E-state index contributed by atoms with van der Waals surface area (Å²) in [6.45, 7) is 3.91. The molecule has 2 nitrogen and oxygen atoms in total. The van der Waals surface area contributed by atoms with Gasteiger partial charge in [-0.3, -0.25) is 0 Å². The van der Waals surface area contributed by atoms with Crippen LogP contribution in [0.3, 0.4) is 0 Å². The fraction of sp³-hybridized carbons (Fsp3) is 1.00. The first-order chi connectivity index (χ1) is 7.24. The fourth-order valence-corrected chi connectivity index (χ4v) is 3.46. The zero-order valence-electron chi connectivity index (χ0n) is 9.67. The maximum atomic E-state index is 6.23. The molecule has 1 aliphatic carbocycles. The minimum absolute atomic E-state index is 0.165. The molecule has 0 aromatic carbocycles. The molecule has 88 valence electrons. The van der Waals surface area contributed by atoms with Gasteiger partial charge in [0.25, 0.3) is 0 Å². The molecule has 2 aliphatic rings. The van der Waals surface area contributed by atoms with Crippen LogP contribution in [-0.2, 0) is 9.47 Å². The van der Waals surface area contributed by atoms with Crippen LogP contribution >= 0.6 is 11.6 Å². The lowest BCUT2D eigenvalue weighted by Crippen LogP contribution is -2.42. The van der Waals surface area contributed by atoms with E-state index in [9.17, 15) is 0 Å². The zero-order chi connectivity index (χ0) is 10.9. The molecule has 0 spiro atoms. The summed E-state index contributed by atoms with van der Waals surface area (Å²) in [6.07, 6.45) is 4.13. The molecule has 0 radical (unpaired) electrons. The Morgan fingerprint density at radius 3 is 2.80 bits per heavy atom. The normalized spacial score (nSPS) is 38.2. The van der Waals surface area contributed by atoms with Gasteiger partial charge in [0.15, 0.2) is 0 Å². The Balaban J connectivity index is 2.10. The first-order valence-corrected chi connectivity index (χ1v) is 6.44. The molecule has 0 bridgehead atoms. The van der Waals surface area contributed by atoms with Crippen molar-refractivity contribution in [2.45, 2.75) is 32.3 Å². The molecule has 1 heterocycles. The van der Waals surface area contributed by atoms with E-state index in [2.05, 4.69) is 6.92 Å². The number of methoxy groups -OCH3 is 1. The van der Waals surface area contributed by atoms with Crippen molar-refractivity contribution < 1.29 is 9.47 Å². The number of hydrogen-bond acceptors (Lipinski definition) is 2. The number of halogens is 1. The van der Waals surface area contributed by atoms with Gasteiger partial charge in [0, 0.05) is 31.6 Å². The molecule has 0 amide bonds. The van der Waals surface area contributed by atoms with Crippen LogP contribution in [-0.4, -0.2) is 32.3 Å². The Morgan fingerprint density at radius 1 is 1.53 bits per heavy atom. The van der Waals surface area contributed by atoms with Gasteiger partial charge in [0.05, 0.1) is 6.10 Å². The van der Waals surface area contributed by atoms with Gasteiger partial charge in [-0.15, -0.1) is 11.6 Å². The third-order valence-corrected chi connectivity index (χ3v) is 4.63. The predicted molar refractivity (Wildman–Crippen MR) is 61.3 cm³/mol. The van der Waals surface area contributed by atoms with Crippen molar-refractivity contribution in [3.05, 3.63) is 0 Å². The molecule has 1 saturated heterocycles. The Kier molecular flexibility index (Phi) is 3.59. The summed E-state index contributed by atoms with van der Waals surface area (Å²) in [5.74, 6) is 1.97. The van der Waals surface area contributed by atoms with Gasteiger partial charge in [0.1, 0.15) is 0 Å². The smallest absolute Gasteiger partial charge is 0.0675 e. The van der Waals surface area contributed by atoms with Crippen molar-refractivity contribution in [1.29, 1.82) is 0 Å². The molecule has 1 aliphatic heterocycles. The van der Waals surface area contributed by atoms with Crippen LogP contribution in [0.4, 0.5) is 0 Å². The number of ether oxygens (including phenoxy) is 2. The van der Waals surface area contributed by atoms with Crippen LogP contribution in [0.1, 0.15) is 26.2 Å². The topological polar surface area (TPSA) is 18.5 Å². The number of rotatable bonds is 5. The maximum absolute atomic E-state index is 6.23. The second-order valence-corrected chi connectivity index (χ2v) is 5.37. The summed E-state index contributed by atoms with van der Waals surface area (Å²) in [4.78, 5) is 0. The molecule has 0 N–H and O–H groups in total. The quantitative estimate of drug-likeness (QED) is 0.679. The van der Waals surface area contributed by atoms with Gasteiger partial charge in [-0.1, -0.05) is 6.92 Å². The zero-order valence-corrected chi connectivity index (χ0v) is 10.4. The van der Waals surface area contributed by atoms with Crippen LogP contribution in [0.2, 0.25) is 0 Å². The second kappa shape index (κ2) is 4.60. The van der Waals surface area contributed by atoms with Crippen LogP contribution in [0.5, 0.6) is 0 Å². The fourth-order valence-electron chi connectivity index (χ4n) is 2.91. The van der Waals surface area contributed by atoms with Gasteiger partial charge in [-0.2, -0.15) is 0 Å². The summed E-state index contributed by atoms with van der Waals surface area (Å²) in [6, 6.07) is 0. The Labute approximate surface area is 97.3 Å². The highest BCUT2D eigenvalue weighted by molar-refractivity contribution is 6.18. The first-order valence-electron chi connectivity index (χ1n) is 5.91. The lowest BCUT2D eigenvalue weighted by Gasteiger charge is -2.37. The predicted octanol–water partition coefficient (Wildman–Crippen LogP) is 2.69. The van der Waals surface area contributed by atoms with E-state index in [0.717, 1.165) is 25.6 Å². The van der Waals surface area contributed by atoms with E-state index in [4.69, 9.17) is 21.1 Å². The SMILES string of the molecule is COCC(C)C1(CCl)CCOC1C1CC1. The number of alkyl halides is 1.